The van der Waals surface area contributed by atoms with Gasteiger partial charge in [0.2, 0.25) is 0 Å². The second-order valence-electron chi connectivity index (χ2n) is 3.23. The van der Waals surface area contributed by atoms with Gasteiger partial charge in [-0.15, -0.1) is 11.8 Å². The fourth-order valence-corrected chi connectivity index (χ4v) is 3.26. The van der Waals surface area contributed by atoms with Crippen molar-refractivity contribution < 1.29 is 13.5 Å². The predicted octanol–water partition coefficient (Wildman–Crippen LogP) is 1.35. The molecule has 1 aromatic rings. The molecule has 0 saturated carbocycles. The van der Waals surface area contributed by atoms with Crippen LogP contribution in [0.15, 0.2) is 28.0 Å². The summed E-state index contributed by atoms with van der Waals surface area (Å²) in [6.07, 6.45) is 3.53. The lowest BCUT2D eigenvalue weighted by Crippen LogP contribution is -2.01. The molecular formula is C10H14O3S2. The molecule has 1 rings (SSSR count). The Balaban J connectivity index is 3.26. The van der Waals surface area contributed by atoms with Crippen LogP contribution in [0.2, 0.25) is 0 Å². The second-order valence-corrected chi connectivity index (χ2v) is 6.06. The molecule has 0 aliphatic rings. The standard InChI is InChI=1S/C10H14O3S2/c1-14-9-4-3-8(5-6-11)7-10(9)15(2,12)13/h3-4,7,11H,5-6H2,1-2H3. The summed E-state index contributed by atoms with van der Waals surface area (Å²) in [6, 6.07) is 5.26. The molecule has 0 aliphatic carbocycles. The highest BCUT2D eigenvalue weighted by molar-refractivity contribution is 7.99. The lowest BCUT2D eigenvalue weighted by Gasteiger charge is -2.07. The third kappa shape index (κ3) is 3.22. The summed E-state index contributed by atoms with van der Waals surface area (Å²) in [5.41, 5.74) is 0.843. The van der Waals surface area contributed by atoms with Gasteiger partial charge in [0.15, 0.2) is 9.84 Å². The zero-order chi connectivity index (χ0) is 11.5. The van der Waals surface area contributed by atoms with E-state index in [2.05, 4.69) is 0 Å². The Bertz CT molecular complexity index is 438. The maximum atomic E-state index is 11.5. The van der Waals surface area contributed by atoms with Crippen LogP contribution in [0.5, 0.6) is 0 Å². The van der Waals surface area contributed by atoms with Crippen molar-refractivity contribution in [1.29, 1.82) is 0 Å². The number of benzene rings is 1. The maximum Gasteiger partial charge on any atom is 0.176 e. The van der Waals surface area contributed by atoms with E-state index in [1.165, 1.54) is 18.0 Å². The highest BCUT2D eigenvalue weighted by Crippen LogP contribution is 2.25. The average Bonchev–Trinajstić information content (AvgIpc) is 2.17. The van der Waals surface area contributed by atoms with E-state index >= 15 is 0 Å². The van der Waals surface area contributed by atoms with Gasteiger partial charge >= 0.3 is 0 Å². The van der Waals surface area contributed by atoms with Gasteiger partial charge in [-0.3, -0.25) is 0 Å². The normalized spacial score (nSPS) is 11.7. The molecule has 84 valence electrons. The van der Waals surface area contributed by atoms with Crippen molar-refractivity contribution in [3.05, 3.63) is 23.8 Å². The Morgan fingerprint density at radius 1 is 1.40 bits per heavy atom. The molecule has 0 saturated heterocycles. The molecule has 0 radical (unpaired) electrons. The Hall–Kier alpha value is -0.520. The van der Waals surface area contributed by atoms with Crippen LogP contribution in [-0.2, 0) is 16.3 Å². The van der Waals surface area contributed by atoms with Crippen LogP contribution in [0.3, 0.4) is 0 Å². The average molecular weight is 246 g/mol. The monoisotopic (exact) mass is 246 g/mol. The number of aliphatic hydroxyl groups excluding tert-OH is 1. The highest BCUT2D eigenvalue weighted by atomic mass is 32.2. The molecule has 1 aromatic carbocycles. The molecule has 1 N–H and O–H groups in total. The zero-order valence-electron chi connectivity index (χ0n) is 8.73. The molecule has 15 heavy (non-hydrogen) atoms. The molecule has 0 aliphatic heterocycles. The van der Waals surface area contributed by atoms with Crippen LogP contribution >= 0.6 is 11.8 Å². The van der Waals surface area contributed by atoms with Gasteiger partial charge in [-0.25, -0.2) is 8.42 Å². The first-order chi connectivity index (χ1) is 6.99. The Labute approximate surface area is 94.4 Å². The van der Waals surface area contributed by atoms with Crippen molar-refractivity contribution >= 4 is 21.6 Å². The molecule has 0 aromatic heterocycles. The summed E-state index contributed by atoms with van der Waals surface area (Å²) < 4.78 is 23.0. The third-order valence-corrected chi connectivity index (χ3v) is 4.09. The molecular weight excluding hydrogens is 232 g/mol. The fraction of sp³-hybridized carbons (Fsp3) is 0.400. The SMILES string of the molecule is CSc1ccc(CCO)cc1S(C)(=O)=O. The first-order valence-electron chi connectivity index (χ1n) is 4.47. The van der Waals surface area contributed by atoms with Crippen LogP contribution in [0, 0.1) is 0 Å². The lowest BCUT2D eigenvalue weighted by atomic mass is 10.2. The first kappa shape index (κ1) is 12.5. The molecule has 0 fully saturated rings. The molecule has 0 amide bonds. The zero-order valence-corrected chi connectivity index (χ0v) is 10.4. The van der Waals surface area contributed by atoms with Crippen molar-refractivity contribution in [2.24, 2.45) is 0 Å². The number of thioether (sulfide) groups is 1. The van der Waals surface area contributed by atoms with Crippen molar-refractivity contribution in [2.75, 3.05) is 19.1 Å². The number of hydrogen-bond acceptors (Lipinski definition) is 4. The largest absolute Gasteiger partial charge is 0.396 e. The number of aliphatic hydroxyl groups is 1. The van der Waals surface area contributed by atoms with Crippen LogP contribution in [0.1, 0.15) is 5.56 Å². The number of sulfone groups is 1. The van der Waals surface area contributed by atoms with Crippen molar-refractivity contribution in [3.8, 4) is 0 Å². The quantitative estimate of drug-likeness (QED) is 0.815. The van der Waals surface area contributed by atoms with E-state index in [-0.39, 0.29) is 6.61 Å². The van der Waals surface area contributed by atoms with E-state index < -0.39 is 9.84 Å². The molecule has 0 bridgehead atoms. The lowest BCUT2D eigenvalue weighted by molar-refractivity contribution is 0.299. The summed E-state index contributed by atoms with van der Waals surface area (Å²) in [6.45, 7) is 0.0296. The summed E-state index contributed by atoms with van der Waals surface area (Å²) in [7, 11) is -3.19. The van der Waals surface area contributed by atoms with E-state index in [9.17, 15) is 8.42 Å². The minimum absolute atomic E-state index is 0.0296. The molecule has 0 spiro atoms. The molecule has 0 atom stereocenters. The minimum atomic E-state index is -3.19. The van der Waals surface area contributed by atoms with Gasteiger partial charge < -0.3 is 5.11 Å². The van der Waals surface area contributed by atoms with Crippen LogP contribution in [0.4, 0.5) is 0 Å². The predicted molar refractivity (Wildman–Crippen MR) is 62.1 cm³/mol. The maximum absolute atomic E-state index is 11.5. The summed E-state index contributed by atoms with van der Waals surface area (Å²) in [5, 5.41) is 8.79. The van der Waals surface area contributed by atoms with E-state index in [4.69, 9.17) is 5.11 Å². The molecule has 0 heterocycles. The van der Waals surface area contributed by atoms with E-state index in [1.807, 2.05) is 12.3 Å². The molecule has 5 heteroatoms. The van der Waals surface area contributed by atoms with Gasteiger partial charge in [0.1, 0.15) is 0 Å². The van der Waals surface area contributed by atoms with E-state index in [0.29, 0.717) is 11.3 Å². The van der Waals surface area contributed by atoms with Gasteiger partial charge in [-0.2, -0.15) is 0 Å². The molecule has 0 unspecified atom stereocenters. The fourth-order valence-electron chi connectivity index (χ4n) is 1.30. The Morgan fingerprint density at radius 3 is 2.53 bits per heavy atom. The summed E-state index contributed by atoms with van der Waals surface area (Å²) in [5.74, 6) is 0. The number of rotatable bonds is 4. The Morgan fingerprint density at radius 2 is 2.07 bits per heavy atom. The van der Waals surface area contributed by atoms with Crippen molar-refractivity contribution in [1.82, 2.24) is 0 Å². The van der Waals surface area contributed by atoms with Crippen molar-refractivity contribution in [2.45, 2.75) is 16.2 Å². The van der Waals surface area contributed by atoms with Gasteiger partial charge in [-0.1, -0.05) is 6.07 Å². The van der Waals surface area contributed by atoms with E-state index in [1.54, 1.807) is 12.1 Å². The van der Waals surface area contributed by atoms with Crippen LogP contribution in [0.25, 0.3) is 0 Å². The summed E-state index contributed by atoms with van der Waals surface area (Å²) >= 11 is 1.41. The van der Waals surface area contributed by atoms with Crippen LogP contribution in [-0.4, -0.2) is 32.6 Å². The molecule has 3 nitrogen and oxygen atoms in total. The second kappa shape index (κ2) is 5.01. The minimum Gasteiger partial charge on any atom is -0.396 e. The van der Waals surface area contributed by atoms with Crippen molar-refractivity contribution in [3.63, 3.8) is 0 Å². The van der Waals surface area contributed by atoms with Crippen LogP contribution < -0.4 is 0 Å². The van der Waals surface area contributed by atoms with E-state index in [0.717, 1.165) is 10.5 Å². The van der Waals surface area contributed by atoms with Gasteiger partial charge in [-0.05, 0) is 30.4 Å². The van der Waals surface area contributed by atoms with Gasteiger partial charge in [0, 0.05) is 17.8 Å². The Kier molecular flexibility index (Phi) is 4.19. The smallest absolute Gasteiger partial charge is 0.176 e. The topological polar surface area (TPSA) is 54.4 Å². The summed E-state index contributed by atoms with van der Waals surface area (Å²) in [4.78, 5) is 1.10. The van der Waals surface area contributed by atoms with Gasteiger partial charge in [0.05, 0.1) is 4.90 Å². The third-order valence-electron chi connectivity index (χ3n) is 2.03. The van der Waals surface area contributed by atoms with Gasteiger partial charge in [0.25, 0.3) is 0 Å². The number of hydrogen-bond donors (Lipinski definition) is 1. The highest BCUT2D eigenvalue weighted by Gasteiger charge is 2.13. The first-order valence-corrected chi connectivity index (χ1v) is 7.58.